The minimum atomic E-state index is 0.379. The summed E-state index contributed by atoms with van der Waals surface area (Å²) in [4.78, 5) is 0. The maximum Gasteiger partial charge on any atom is 0.0113 e. The SMILES string of the molecule is NC(Cc1ccc2ccccc2c1)C1C2C3CCC(C3)C12. The summed E-state index contributed by atoms with van der Waals surface area (Å²) in [5.74, 6) is 4.90. The van der Waals surface area contributed by atoms with Gasteiger partial charge in [0.1, 0.15) is 0 Å². The smallest absolute Gasteiger partial charge is 0.0113 e. The quantitative estimate of drug-likeness (QED) is 0.901. The fourth-order valence-electron chi connectivity index (χ4n) is 5.74. The molecule has 5 rings (SSSR count). The molecular weight excluding hydrogens is 254 g/mol. The van der Waals surface area contributed by atoms with E-state index in [-0.39, 0.29) is 0 Å². The van der Waals surface area contributed by atoms with Gasteiger partial charge in [-0.2, -0.15) is 0 Å². The van der Waals surface area contributed by atoms with Gasteiger partial charge in [0.25, 0.3) is 0 Å². The molecule has 21 heavy (non-hydrogen) atoms. The van der Waals surface area contributed by atoms with Crippen LogP contribution in [0.15, 0.2) is 42.5 Å². The van der Waals surface area contributed by atoms with Crippen molar-refractivity contribution in [1.29, 1.82) is 0 Å². The molecule has 0 spiro atoms. The van der Waals surface area contributed by atoms with E-state index in [1.807, 2.05) is 0 Å². The Morgan fingerprint density at radius 3 is 2.43 bits per heavy atom. The molecule has 1 heteroatoms. The van der Waals surface area contributed by atoms with Gasteiger partial charge in [-0.25, -0.2) is 0 Å². The van der Waals surface area contributed by atoms with Gasteiger partial charge in [-0.15, -0.1) is 0 Å². The van der Waals surface area contributed by atoms with E-state index in [4.69, 9.17) is 5.73 Å². The van der Waals surface area contributed by atoms with E-state index in [1.54, 1.807) is 0 Å². The third kappa shape index (κ3) is 1.80. The topological polar surface area (TPSA) is 26.0 Å². The van der Waals surface area contributed by atoms with Crippen LogP contribution in [0.3, 0.4) is 0 Å². The minimum Gasteiger partial charge on any atom is -0.327 e. The van der Waals surface area contributed by atoms with Crippen molar-refractivity contribution < 1.29 is 0 Å². The summed E-state index contributed by atoms with van der Waals surface area (Å²) in [6.45, 7) is 0. The monoisotopic (exact) mass is 277 g/mol. The zero-order valence-electron chi connectivity index (χ0n) is 12.4. The summed E-state index contributed by atoms with van der Waals surface area (Å²) in [5, 5.41) is 2.68. The average molecular weight is 277 g/mol. The van der Waals surface area contributed by atoms with Crippen molar-refractivity contribution in [3.63, 3.8) is 0 Å². The van der Waals surface area contributed by atoms with Gasteiger partial charge in [0.05, 0.1) is 0 Å². The summed E-state index contributed by atoms with van der Waals surface area (Å²) in [6, 6.07) is 15.8. The number of fused-ring (bicyclic) bond motifs is 6. The third-order valence-corrected chi connectivity index (χ3v) is 6.57. The van der Waals surface area contributed by atoms with Crippen molar-refractivity contribution in [3.8, 4) is 0 Å². The number of rotatable bonds is 3. The lowest BCUT2D eigenvalue weighted by Crippen LogP contribution is -2.28. The van der Waals surface area contributed by atoms with Crippen LogP contribution in [0.25, 0.3) is 10.8 Å². The summed E-state index contributed by atoms with van der Waals surface area (Å²) in [6.07, 6.45) is 5.56. The summed E-state index contributed by atoms with van der Waals surface area (Å²) >= 11 is 0. The van der Waals surface area contributed by atoms with E-state index in [0.717, 1.165) is 36.0 Å². The molecule has 2 bridgehead atoms. The first-order valence-electron chi connectivity index (χ1n) is 8.54. The lowest BCUT2D eigenvalue weighted by atomic mass is 9.93. The number of benzene rings is 2. The Morgan fingerprint density at radius 1 is 0.952 bits per heavy atom. The minimum absolute atomic E-state index is 0.379. The van der Waals surface area contributed by atoms with Crippen molar-refractivity contribution in [3.05, 3.63) is 48.0 Å². The van der Waals surface area contributed by atoms with Crippen LogP contribution in [-0.2, 0) is 6.42 Å². The maximum absolute atomic E-state index is 6.60. The van der Waals surface area contributed by atoms with Gasteiger partial charge < -0.3 is 5.73 Å². The largest absolute Gasteiger partial charge is 0.327 e. The predicted molar refractivity (Wildman–Crippen MR) is 86.9 cm³/mol. The zero-order valence-corrected chi connectivity index (χ0v) is 12.4. The number of nitrogens with two attached hydrogens (primary N) is 1. The van der Waals surface area contributed by atoms with Crippen LogP contribution >= 0.6 is 0 Å². The first-order chi connectivity index (χ1) is 10.3. The highest BCUT2D eigenvalue weighted by atomic mass is 14.8. The average Bonchev–Trinajstić information content (AvgIpc) is 2.96. The van der Waals surface area contributed by atoms with E-state index >= 15 is 0 Å². The third-order valence-electron chi connectivity index (χ3n) is 6.57. The maximum atomic E-state index is 6.60. The molecule has 2 aromatic carbocycles. The molecule has 3 fully saturated rings. The molecule has 3 aliphatic carbocycles. The molecule has 0 amide bonds. The number of hydrogen-bond acceptors (Lipinski definition) is 1. The lowest BCUT2D eigenvalue weighted by molar-refractivity contribution is 0.409. The first-order valence-corrected chi connectivity index (χ1v) is 8.54. The highest BCUT2D eigenvalue weighted by molar-refractivity contribution is 5.83. The Labute approximate surface area is 126 Å². The summed E-state index contributed by atoms with van der Waals surface area (Å²) < 4.78 is 0. The van der Waals surface area contributed by atoms with Gasteiger partial charge in [0.15, 0.2) is 0 Å². The Balaban J connectivity index is 1.35. The molecule has 0 aromatic heterocycles. The van der Waals surface area contributed by atoms with Gasteiger partial charge in [-0.1, -0.05) is 42.5 Å². The van der Waals surface area contributed by atoms with Gasteiger partial charge >= 0.3 is 0 Å². The predicted octanol–water partition coefficient (Wildman–Crippen LogP) is 4.00. The van der Waals surface area contributed by atoms with Crippen LogP contribution in [0.5, 0.6) is 0 Å². The van der Waals surface area contributed by atoms with Crippen LogP contribution < -0.4 is 5.73 Å². The fourth-order valence-corrected chi connectivity index (χ4v) is 5.74. The van der Waals surface area contributed by atoms with Gasteiger partial charge in [0.2, 0.25) is 0 Å². The molecule has 0 saturated heterocycles. The van der Waals surface area contributed by atoms with Crippen molar-refractivity contribution in [2.45, 2.75) is 31.7 Å². The van der Waals surface area contributed by atoms with E-state index < -0.39 is 0 Å². The highest BCUT2D eigenvalue weighted by Crippen LogP contribution is 2.70. The van der Waals surface area contributed by atoms with Crippen molar-refractivity contribution in [1.82, 2.24) is 0 Å². The zero-order chi connectivity index (χ0) is 14.0. The van der Waals surface area contributed by atoms with Crippen LogP contribution in [0.4, 0.5) is 0 Å². The van der Waals surface area contributed by atoms with E-state index in [2.05, 4.69) is 42.5 Å². The summed E-state index contributed by atoms with van der Waals surface area (Å²) in [7, 11) is 0. The Hall–Kier alpha value is -1.34. The lowest BCUT2D eigenvalue weighted by Gasteiger charge is -2.16. The Bertz CT molecular complexity index is 675. The van der Waals surface area contributed by atoms with Crippen molar-refractivity contribution >= 4 is 10.8 Å². The van der Waals surface area contributed by atoms with Crippen molar-refractivity contribution in [2.24, 2.45) is 35.3 Å². The van der Waals surface area contributed by atoms with Gasteiger partial charge in [-0.3, -0.25) is 0 Å². The molecule has 0 heterocycles. The van der Waals surface area contributed by atoms with E-state index in [1.165, 1.54) is 35.6 Å². The van der Waals surface area contributed by atoms with E-state index in [0.29, 0.717) is 6.04 Å². The van der Waals surface area contributed by atoms with Gasteiger partial charge in [0, 0.05) is 6.04 Å². The standard InChI is InChI=1S/C20H23N/c21-17(20-18-15-7-8-16(11-15)19(18)20)10-12-5-6-13-3-1-2-4-14(13)9-12/h1-6,9,15-20H,7-8,10-11,21H2. The molecule has 3 saturated carbocycles. The molecule has 0 aliphatic heterocycles. The van der Waals surface area contributed by atoms with Gasteiger partial charge in [-0.05, 0) is 71.6 Å². The van der Waals surface area contributed by atoms with Crippen LogP contribution in [0.1, 0.15) is 24.8 Å². The molecular formula is C20H23N. The molecule has 3 aliphatic rings. The van der Waals surface area contributed by atoms with Crippen molar-refractivity contribution in [2.75, 3.05) is 0 Å². The second-order valence-corrected chi connectivity index (χ2v) is 7.61. The normalized spacial score (nSPS) is 37.7. The molecule has 2 aromatic rings. The van der Waals surface area contributed by atoms with Crippen LogP contribution in [-0.4, -0.2) is 6.04 Å². The fraction of sp³-hybridized carbons (Fsp3) is 0.500. The Morgan fingerprint density at radius 2 is 1.67 bits per heavy atom. The second kappa shape index (κ2) is 4.33. The van der Waals surface area contributed by atoms with Crippen LogP contribution in [0.2, 0.25) is 0 Å². The second-order valence-electron chi connectivity index (χ2n) is 7.61. The Kier molecular flexibility index (Phi) is 2.52. The van der Waals surface area contributed by atoms with E-state index in [9.17, 15) is 0 Å². The molecule has 0 radical (unpaired) electrons. The summed E-state index contributed by atoms with van der Waals surface area (Å²) in [5.41, 5.74) is 8.01. The number of hydrogen-bond donors (Lipinski definition) is 1. The van der Waals surface area contributed by atoms with Crippen LogP contribution in [0, 0.1) is 29.6 Å². The molecule has 5 unspecified atom stereocenters. The first kappa shape index (κ1) is 12.2. The highest BCUT2D eigenvalue weighted by Gasteiger charge is 2.65. The molecule has 108 valence electrons. The molecule has 5 atom stereocenters. The molecule has 2 N–H and O–H groups in total. The molecule has 1 nitrogen and oxygen atoms in total.